The second kappa shape index (κ2) is 20.0. The molecule has 0 radical (unpaired) electrons. The number of methoxy groups -OCH3 is 2. The van der Waals surface area contributed by atoms with Crippen LogP contribution < -0.4 is 11.1 Å². The fourth-order valence-corrected chi connectivity index (χ4v) is 7.04. The van der Waals surface area contributed by atoms with E-state index in [1.54, 1.807) is 49.9 Å². The average molecular weight is 703 g/mol. The minimum atomic E-state index is -0.733. The van der Waals surface area contributed by atoms with Crippen LogP contribution in [0.3, 0.4) is 0 Å². The van der Waals surface area contributed by atoms with Crippen LogP contribution >= 0.6 is 0 Å². The van der Waals surface area contributed by atoms with Gasteiger partial charge in [-0.2, -0.15) is 0 Å². The Bertz CT molecular complexity index is 1260. The summed E-state index contributed by atoms with van der Waals surface area (Å²) < 4.78 is 12.0. The lowest BCUT2D eigenvalue weighted by Gasteiger charge is -2.41. The average Bonchev–Trinajstić information content (AvgIpc) is 3.57. The summed E-state index contributed by atoms with van der Waals surface area (Å²) in [4.78, 5) is 61.8. The number of hydrogen-bond acceptors (Lipinski definition) is 8. The predicted molar refractivity (Wildman–Crippen MR) is 198 cm³/mol. The largest absolute Gasteiger partial charge is 0.399 e. The molecule has 0 bridgehead atoms. The lowest BCUT2D eigenvalue weighted by molar-refractivity contribution is -0.149. The van der Waals surface area contributed by atoms with Gasteiger partial charge in [0.15, 0.2) is 0 Å². The second-order valence-electron chi connectivity index (χ2n) is 14.7. The van der Waals surface area contributed by atoms with Crippen LogP contribution in [0.25, 0.3) is 0 Å². The molecule has 0 saturated carbocycles. The summed E-state index contributed by atoms with van der Waals surface area (Å²) in [6.45, 7) is 12.7. The molecule has 4 amide bonds. The number of likely N-dealkylation sites (tertiary alicyclic amines) is 1. The molecule has 2 rings (SSSR count). The molecule has 12 nitrogen and oxygen atoms in total. The molecular formula is C38H66N6O6. The zero-order chi connectivity index (χ0) is 37.9. The van der Waals surface area contributed by atoms with Gasteiger partial charge in [0.05, 0.1) is 42.7 Å². The van der Waals surface area contributed by atoms with Gasteiger partial charge >= 0.3 is 0 Å². The lowest BCUT2D eigenvalue weighted by atomic mass is 9.89. The Kier molecular flexibility index (Phi) is 17.2. The molecule has 0 spiro atoms. The molecule has 284 valence electrons. The van der Waals surface area contributed by atoms with Crippen molar-refractivity contribution in [3.05, 3.63) is 29.8 Å². The Labute approximate surface area is 301 Å². The third-order valence-electron chi connectivity index (χ3n) is 10.7. The van der Waals surface area contributed by atoms with Crippen molar-refractivity contribution in [3.63, 3.8) is 0 Å². The number of nitrogens with two attached hydrogens (primary N) is 1. The SMILES string of the molecule is CCC(C)C(C(CC(=O)N1CCC[C@H]1C(OC)C(C)C(=O)N(C)CCc1cccc(N)c1)OC)N(C)C(=O)C(NC(=O)C(C)N(C)C)C(C)C. The molecule has 12 heteroatoms. The van der Waals surface area contributed by atoms with E-state index in [1.807, 2.05) is 64.0 Å². The van der Waals surface area contributed by atoms with Gasteiger partial charge in [-0.05, 0) is 69.8 Å². The number of ether oxygens (including phenoxy) is 2. The van der Waals surface area contributed by atoms with Crippen molar-refractivity contribution < 1.29 is 28.7 Å². The first-order chi connectivity index (χ1) is 23.5. The molecule has 1 fully saturated rings. The fourth-order valence-electron chi connectivity index (χ4n) is 7.04. The molecule has 3 N–H and O–H groups in total. The van der Waals surface area contributed by atoms with Gasteiger partial charge in [0.1, 0.15) is 6.04 Å². The van der Waals surface area contributed by atoms with E-state index in [4.69, 9.17) is 15.2 Å². The van der Waals surface area contributed by atoms with Gasteiger partial charge in [0.2, 0.25) is 23.6 Å². The predicted octanol–water partition coefficient (Wildman–Crippen LogP) is 3.28. The first-order valence-electron chi connectivity index (χ1n) is 18.2. The maximum Gasteiger partial charge on any atom is 0.245 e. The summed E-state index contributed by atoms with van der Waals surface area (Å²) in [5.41, 5.74) is 7.68. The smallest absolute Gasteiger partial charge is 0.245 e. The molecule has 7 unspecified atom stereocenters. The van der Waals surface area contributed by atoms with Gasteiger partial charge in [-0.15, -0.1) is 0 Å². The number of nitrogen functional groups attached to an aromatic ring is 1. The fraction of sp³-hybridized carbons (Fsp3) is 0.737. The van der Waals surface area contributed by atoms with Gasteiger partial charge in [0.25, 0.3) is 0 Å². The first-order valence-corrected chi connectivity index (χ1v) is 18.2. The van der Waals surface area contributed by atoms with Crippen molar-refractivity contribution in [1.82, 2.24) is 24.9 Å². The highest BCUT2D eigenvalue weighted by molar-refractivity contribution is 5.90. The molecule has 1 aromatic rings. The number of likely N-dealkylation sites (N-methyl/N-ethyl adjacent to an activating group) is 3. The number of anilines is 1. The number of nitrogens with zero attached hydrogens (tertiary/aromatic N) is 4. The quantitative estimate of drug-likeness (QED) is 0.210. The standard InChI is InChI=1S/C38H66N6O6/c1-13-25(4)34(43(10)38(48)33(24(2)3)40-36(46)27(6)41(7)8)31(49-11)23-32(45)44-20-15-18-30(44)35(50-12)26(5)37(47)42(9)21-19-28-16-14-17-29(39)22-28/h14,16-17,22,24-27,30-31,33-35H,13,15,18-21,23,39H2,1-12H3,(H,40,46)/t25?,26?,27?,30-,31?,33?,34?,35?/m0/s1. The van der Waals surface area contributed by atoms with Crippen molar-refractivity contribution in [3.8, 4) is 0 Å². The molecule has 1 heterocycles. The molecule has 1 aliphatic heterocycles. The monoisotopic (exact) mass is 703 g/mol. The summed E-state index contributed by atoms with van der Waals surface area (Å²) in [7, 11) is 10.4. The Morgan fingerprint density at radius 2 is 1.66 bits per heavy atom. The minimum Gasteiger partial charge on any atom is -0.399 e. The van der Waals surface area contributed by atoms with Gasteiger partial charge in [0, 0.05) is 47.1 Å². The van der Waals surface area contributed by atoms with Crippen LogP contribution in [0.4, 0.5) is 5.69 Å². The number of carbonyl (C=O) groups excluding carboxylic acids is 4. The number of carbonyl (C=O) groups is 4. The Hall–Kier alpha value is -3.22. The van der Waals surface area contributed by atoms with Crippen LogP contribution in [0.5, 0.6) is 0 Å². The van der Waals surface area contributed by atoms with E-state index >= 15 is 0 Å². The molecule has 1 aromatic carbocycles. The van der Waals surface area contributed by atoms with E-state index in [1.165, 1.54) is 0 Å². The summed E-state index contributed by atoms with van der Waals surface area (Å²) in [6, 6.07) is 5.84. The highest BCUT2D eigenvalue weighted by Crippen LogP contribution is 2.30. The summed E-state index contributed by atoms with van der Waals surface area (Å²) in [5.74, 6) is -1.20. The van der Waals surface area contributed by atoms with Crippen LogP contribution in [0.1, 0.15) is 72.8 Å². The third kappa shape index (κ3) is 11.1. The normalized spacial score (nSPS) is 19.0. The molecule has 0 aliphatic carbocycles. The molecule has 50 heavy (non-hydrogen) atoms. The lowest BCUT2D eigenvalue weighted by Crippen LogP contribution is -2.59. The van der Waals surface area contributed by atoms with Crippen LogP contribution in [0.2, 0.25) is 0 Å². The van der Waals surface area contributed by atoms with E-state index in [2.05, 4.69) is 19.2 Å². The second-order valence-corrected chi connectivity index (χ2v) is 14.7. The molecule has 8 atom stereocenters. The number of benzene rings is 1. The Balaban J connectivity index is 2.22. The molecule has 1 saturated heterocycles. The van der Waals surface area contributed by atoms with Crippen LogP contribution in [0.15, 0.2) is 24.3 Å². The van der Waals surface area contributed by atoms with Gasteiger partial charge < -0.3 is 35.2 Å². The van der Waals surface area contributed by atoms with Crippen molar-refractivity contribution in [2.45, 2.75) is 110 Å². The van der Waals surface area contributed by atoms with Gasteiger partial charge in [-0.3, -0.25) is 24.1 Å². The maximum atomic E-state index is 14.1. The van der Waals surface area contributed by atoms with E-state index in [-0.39, 0.29) is 47.9 Å². The third-order valence-corrected chi connectivity index (χ3v) is 10.7. The Morgan fingerprint density at radius 1 is 1.00 bits per heavy atom. The highest BCUT2D eigenvalue weighted by atomic mass is 16.5. The van der Waals surface area contributed by atoms with E-state index in [9.17, 15) is 19.2 Å². The van der Waals surface area contributed by atoms with Crippen LogP contribution in [-0.2, 0) is 35.1 Å². The van der Waals surface area contributed by atoms with Crippen molar-refractivity contribution >= 4 is 29.3 Å². The van der Waals surface area contributed by atoms with E-state index in [0.29, 0.717) is 25.2 Å². The summed E-state index contributed by atoms with van der Waals surface area (Å²) in [5, 5.41) is 2.97. The maximum absolute atomic E-state index is 14.1. The van der Waals surface area contributed by atoms with E-state index < -0.39 is 36.3 Å². The van der Waals surface area contributed by atoms with Crippen molar-refractivity contribution in [1.29, 1.82) is 0 Å². The number of rotatable bonds is 19. The van der Waals surface area contributed by atoms with Crippen LogP contribution in [-0.4, -0.2) is 135 Å². The molecule has 0 aromatic heterocycles. The van der Waals surface area contributed by atoms with Gasteiger partial charge in [-0.25, -0.2) is 0 Å². The zero-order valence-electron chi connectivity index (χ0n) is 32.8. The summed E-state index contributed by atoms with van der Waals surface area (Å²) in [6.07, 6.45) is 1.95. The number of amides is 4. The Morgan fingerprint density at radius 3 is 2.20 bits per heavy atom. The minimum absolute atomic E-state index is 0.00696. The molecule has 1 aliphatic rings. The van der Waals surface area contributed by atoms with Crippen LogP contribution in [0, 0.1) is 17.8 Å². The van der Waals surface area contributed by atoms with Crippen molar-refractivity contribution in [2.24, 2.45) is 17.8 Å². The van der Waals surface area contributed by atoms with E-state index in [0.717, 1.165) is 24.8 Å². The first kappa shape index (κ1) is 42.9. The topological polar surface area (TPSA) is 138 Å². The zero-order valence-corrected chi connectivity index (χ0v) is 32.8. The van der Waals surface area contributed by atoms with Crippen molar-refractivity contribution in [2.75, 3.05) is 61.2 Å². The number of nitrogens with one attached hydrogen (secondary N) is 1. The van der Waals surface area contributed by atoms with Gasteiger partial charge in [-0.1, -0.05) is 53.2 Å². The molecular weight excluding hydrogens is 636 g/mol. The number of hydrogen-bond donors (Lipinski definition) is 2. The summed E-state index contributed by atoms with van der Waals surface area (Å²) >= 11 is 0. The highest BCUT2D eigenvalue weighted by Gasteiger charge is 2.43.